The molecule has 118 valence electrons. The van der Waals surface area contributed by atoms with Gasteiger partial charge in [0.05, 0.1) is 0 Å². The molecule has 0 unspecified atom stereocenters. The Balaban J connectivity index is 2.14. The fourth-order valence-corrected chi connectivity index (χ4v) is 3.56. The van der Waals surface area contributed by atoms with Crippen LogP contribution in [0.25, 0.3) is 0 Å². The molecular formula is C15H25N3O3. The minimum Gasteiger partial charge on any atom is -0.355 e. The second-order valence-corrected chi connectivity index (χ2v) is 6.27. The Kier molecular flexibility index (Phi) is 4.54. The highest BCUT2D eigenvalue weighted by atomic mass is 16.2. The van der Waals surface area contributed by atoms with Crippen molar-refractivity contribution >= 4 is 17.8 Å². The van der Waals surface area contributed by atoms with Crippen LogP contribution in [0.1, 0.15) is 46.5 Å². The first-order valence-electron chi connectivity index (χ1n) is 7.84. The number of nitrogens with one attached hydrogen (secondary N) is 2. The van der Waals surface area contributed by atoms with Gasteiger partial charge < -0.3 is 10.6 Å². The maximum atomic E-state index is 12.8. The summed E-state index contributed by atoms with van der Waals surface area (Å²) in [6, 6.07) is -0.438. The number of imide groups is 1. The van der Waals surface area contributed by atoms with E-state index in [0.29, 0.717) is 6.54 Å². The van der Waals surface area contributed by atoms with E-state index in [4.69, 9.17) is 0 Å². The van der Waals surface area contributed by atoms with Gasteiger partial charge >= 0.3 is 6.03 Å². The van der Waals surface area contributed by atoms with E-state index in [0.717, 1.165) is 30.6 Å². The largest absolute Gasteiger partial charge is 0.355 e. The van der Waals surface area contributed by atoms with Crippen molar-refractivity contribution in [2.45, 2.75) is 52.0 Å². The summed E-state index contributed by atoms with van der Waals surface area (Å²) in [7, 11) is 0. The fraction of sp³-hybridized carbons (Fsp3) is 0.800. The van der Waals surface area contributed by atoms with Gasteiger partial charge in [-0.25, -0.2) is 4.79 Å². The molecule has 2 aliphatic rings. The topological polar surface area (TPSA) is 78.5 Å². The van der Waals surface area contributed by atoms with Crippen LogP contribution in [0.15, 0.2) is 0 Å². The number of hydrogen-bond acceptors (Lipinski definition) is 3. The molecule has 21 heavy (non-hydrogen) atoms. The van der Waals surface area contributed by atoms with Crippen molar-refractivity contribution in [2.24, 2.45) is 11.8 Å². The molecule has 2 rings (SSSR count). The zero-order valence-corrected chi connectivity index (χ0v) is 13.1. The molecule has 0 aromatic heterocycles. The molecule has 0 radical (unpaired) electrons. The molecule has 0 bridgehead atoms. The zero-order valence-electron chi connectivity index (χ0n) is 13.1. The molecule has 0 aromatic carbocycles. The molecule has 1 saturated heterocycles. The molecule has 1 aliphatic carbocycles. The van der Waals surface area contributed by atoms with Crippen LogP contribution in [0.3, 0.4) is 0 Å². The molecule has 1 spiro atoms. The minimum absolute atomic E-state index is 0.0985. The summed E-state index contributed by atoms with van der Waals surface area (Å²) >= 11 is 0. The number of carbonyl (C=O) groups is 3. The summed E-state index contributed by atoms with van der Waals surface area (Å²) in [5.74, 6) is -0.324. The van der Waals surface area contributed by atoms with E-state index < -0.39 is 11.6 Å². The van der Waals surface area contributed by atoms with Gasteiger partial charge in [0.1, 0.15) is 12.1 Å². The van der Waals surface area contributed by atoms with Crippen LogP contribution in [-0.2, 0) is 9.59 Å². The van der Waals surface area contributed by atoms with E-state index in [1.807, 2.05) is 20.8 Å². The van der Waals surface area contributed by atoms with Crippen LogP contribution in [0, 0.1) is 11.8 Å². The van der Waals surface area contributed by atoms with E-state index in [-0.39, 0.29) is 30.2 Å². The molecule has 1 heterocycles. The van der Waals surface area contributed by atoms with Gasteiger partial charge in [-0.2, -0.15) is 0 Å². The first-order chi connectivity index (χ1) is 9.93. The number of hydrogen-bond donors (Lipinski definition) is 2. The second kappa shape index (κ2) is 6.03. The lowest BCUT2D eigenvalue weighted by Crippen LogP contribution is -2.59. The van der Waals surface area contributed by atoms with Gasteiger partial charge in [-0.15, -0.1) is 0 Å². The average Bonchev–Trinajstić information content (AvgIpc) is 2.69. The van der Waals surface area contributed by atoms with Crippen molar-refractivity contribution in [1.82, 2.24) is 15.5 Å². The molecule has 1 saturated carbocycles. The van der Waals surface area contributed by atoms with Gasteiger partial charge in [0.25, 0.3) is 5.91 Å². The lowest BCUT2D eigenvalue weighted by atomic mass is 9.67. The highest BCUT2D eigenvalue weighted by Gasteiger charge is 2.58. The number of carbonyl (C=O) groups excluding carboxylic acids is 3. The lowest BCUT2D eigenvalue weighted by Gasteiger charge is -2.42. The normalized spacial score (nSPS) is 27.9. The van der Waals surface area contributed by atoms with E-state index in [1.54, 1.807) is 0 Å². The Morgan fingerprint density at radius 1 is 1.33 bits per heavy atom. The third-order valence-corrected chi connectivity index (χ3v) is 4.86. The summed E-state index contributed by atoms with van der Waals surface area (Å²) in [5.41, 5.74) is -0.819. The van der Waals surface area contributed by atoms with Crippen molar-refractivity contribution < 1.29 is 14.4 Å². The van der Waals surface area contributed by atoms with Crippen LogP contribution in [0.4, 0.5) is 4.79 Å². The van der Waals surface area contributed by atoms with E-state index >= 15 is 0 Å². The molecule has 2 atom stereocenters. The molecule has 2 fully saturated rings. The van der Waals surface area contributed by atoms with E-state index in [1.165, 1.54) is 0 Å². The van der Waals surface area contributed by atoms with E-state index in [2.05, 4.69) is 10.6 Å². The van der Waals surface area contributed by atoms with Gasteiger partial charge in [-0.1, -0.05) is 27.2 Å². The Bertz CT molecular complexity index is 439. The SMILES string of the molecule is CCCNC(=O)CN1C(=O)NC2(C1=O)[C@H](C)CCC[C@H]2C. The van der Waals surface area contributed by atoms with Gasteiger partial charge in [0, 0.05) is 6.54 Å². The Morgan fingerprint density at radius 2 is 1.95 bits per heavy atom. The molecule has 6 nitrogen and oxygen atoms in total. The number of rotatable bonds is 4. The second-order valence-electron chi connectivity index (χ2n) is 6.27. The third kappa shape index (κ3) is 2.63. The first kappa shape index (κ1) is 15.8. The standard InChI is InChI=1S/C15H25N3O3/c1-4-8-16-12(19)9-18-13(20)15(17-14(18)21)10(2)6-5-7-11(15)3/h10-11H,4-9H2,1-3H3,(H,16,19)(H,17,21)/t10-,11-/m1/s1. The van der Waals surface area contributed by atoms with Crippen LogP contribution >= 0.6 is 0 Å². The zero-order chi connectivity index (χ0) is 15.6. The van der Waals surface area contributed by atoms with Crippen LogP contribution in [0.2, 0.25) is 0 Å². The van der Waals surface area contributed by atoms with Crippen molar-refractivity contribution in [2.75, 3.05) is 13.1 Å². The maximum absolute atomic E-state index is 12.8. The summed E-state index contributed by atoms with van der Waals surface area (Å²) in [5, 5.41) is 5.59. The highest BCUT2D eigenvalue weighted by molar-refractivity contribution is 6.09. The van der Waals surface area contributed by atoms with Crippen molar-refractivity contribution in [3.05, 3.63) is 0 Å². The lowest BCUT2D eigenvalue weighted by molar-refractivity contribution is -0.139. The predicted octanol–water partition coefficient (Wildman–Crippen LogP) is 1.26. The summed E-state index contributed by atoms with van der Waals surface area (Å²) in [6.45, 7) is 6.34. The minimum atomic E-state index is -0.819. The Labute approximate surface area is 125 Å². The number of urea groups is 1. The average molecular weight is 295 g/mol. The van der Waals surface area contributed by atoms with Crippen molar-refractivity contribution in [1.29, 1.82) is 0 Å². The quantitative estimate of drug-likeness (QED) is 0.766. The van der Waals surface area contributed by atoms with Gasteiger partial charge in [-0.05, 0) is 31.1 Å². The van der Waals surface area contributed by atoms with Gasteiger partial charge in [0.15, 0.2) is 0 Å². The molecule has 0 aromatic rings. The summed E-state index contributed by atoms with van der Waals surface area (Å²) in [4.78, 5) is 37.8. The number of nitrogens with zero attached hydrogens (tertiary/aromatic N) is 1. The Hall–Kier alpha value is -1.59. The Morgan fingerprint density at radius 3 is 2.52 bits per heavy atom. The monoisotopic (exact) mass is 295 g/mol. The van der Waals surface area contributed by atoms with Crippen molar-refractivity contribution in [3.63, 3.8) is 0 Å². The number of amides is 4. The smallest absolute Gasteiger partial charge is 0.325 e. The molecular weight excluding hydrogens is 270 g/mol. The predicted molar refractivity (Wildman–Crippen MR) is 78.5 cm³/mol. The molecule has 2 N–H and O–H groups in total. The van der Waals surface area contributed by atoms with Gasteiger partial charge in [0.2, 0.25) is 5.91 Å². The molecule has 4 amide bonds. The maximum Gasteiger partial charge on any atom is 0.325 e. The van der Waals surface area contributed by atoms with Crippen LogP contribution < -0.4 is 10.6 Å². The van der Waals surface area contributed by atoms with E-state index in [9.17, 15) is 14.4 Å². The molecule has 6 heteroatoms. The highest BCUT2D eigenvalue weighted by Crippen LogP contribution is 2.41. The third-order valence-electron chi connectivity index (χ3n) is 4.86. The van der Waals surface area contributed by atoms with Gasteiger partial charge in [-0.3, -0.25) is 14.5 Å². The summed E-state index contributed by atoms with van der Waals surface area (Å²) < 4.78 is 0. The first-order valence-corrected chi connectivity index (χ1v) is 7.84. The van der Waals surface area contributed by atoms with Crippen molar-refractivity contribution in [3.8, 4) is 0 Å². The van der Waals surface area contributed by atoms with Crippen LogP contribution in [-0.4, -0.2) is 41.4 Å². The molecule has 1 aliphatic heterocycles. The fourth-order valence-electron chi connectivity index (χ4n) is 3.56. The van der Waals surface area contributed by atoms with Crippen LogP contribution in [0.5, 0.6) is 0 Å². The summed E-state index contributed by atoms with van der Waals surface area (Å²) in [6.07, 6.45) is 3.74.